The Hall–Kier alpha value is -1.99. The molecule has 0 unspecified atom stereocenters. The average molecular weight is 259 g/mol. The Kier molecular flexibility index (Phi) is 3.85. The summed E-state index contributed by atoms with van der Waals surface area (Å²) >= 11 is 1.56. The minimum Gasteiger partial charge on any atom is -0.508 e. The highest BCUT2D eigenvalue weighted by molar-refractivity contribution is 7.98. The van der Waals surface area contributed by atoms with Crippen LogP contribution in [0.1, 0.15) is 11.1 Å². The van der Waals surface area contributed by atoms with Crippen LogP contribution in [0, 0.1) is 17.1 Å². The van der Waals surface area contributed by atoms with Crippen molar-refractivity contribution in [2.24, 2.45) is 0 Å². The zero-order chi connectivity index (χ0) is 13.0. The van der Waals surface area contributed by atoms with Crippen molar-refractivity contribution in [2.45, 2.75) is 10.6 Å². The number of nitriles is 1. The molecule has 0 aromatic heterocycles. The van der Waals surface area contributed by atoms with E-state index in [2.05, 4.69) is 0 Å². The van der Waals surface area contributed by atoms with Crippen LogP contribution in [0.2, 0.25) is 0 Å². The average Bonchev–Trinajstić information content (AvgIpc) is 2.39. The van der Waals surface area contributed by atoms with E-state index in [1.54, 1.807) is 36.0 Å². The first-order valence-electron chi connectivity index (χ1n) is 5.29. The molecule has 0 saturated carbocycles. The van der Waals surface area contributed by atoms with Crippen molar-refractivity contribution in [3.05, 3.63) is 59.4 Å². The third-order valence-corrected chi connectivity index (χ3v) is 3.48. The Morgan fingerprint density at radius 1 is 1.17 bits per heavy atom. The summed E-state index contributed by atoms with van der Waals surface area (Å²) in [5.74, 6) is 0.392. The van der Waals surface area contributed by atoms with Crippen molar-refractivity contribution in [1.29, 1.82) is 5.26 Å². The van der Waals surface area contributed by atoms with E-state index in [0.29, 0.717) is 5.75 Å². The first kappa shape index (κ1) is 12.5. The lowest BCUT2D eigenvalue weighted by Gasteiger charge is -2.03. The molecule has 0 atom stereocenters. The minimum absolute atomic E-state index is 0.0683. The molecule has 2 nitrogen and oxygen atoms in total. The van der Waals surface area contributed by atoms with Crippen molar-refractivity contribution in [1.82, 2.24) is 0 Å². The molecule has 0 bridgehead atoms. The highest BCUT2D eigenvalue weighted by atomic mass is 32.2. The second-order valence-electron chi connectivity index (χ2n) is 3.71. The Morgan fingerprint density at radius 2 is 1.89 bits per heavy atom. The fourth-order valence-corrected chi connectivity index (χ4v) is 2.30. The van der Waals surface area contributed by atoms with Crippen LogP contribution >= 0.6 is 11.8 Å². The molecule has 90 valence electrons. The van der Waals surface area contributed by atoms with Crippen LogP contribution in [0.3, 0.4) is 0 Å². The number of nitrogens with zero attached hydrogens (tertiary/aromatic N) is 1. The van der Waals surface area contributed by atoms with Gasteiger partial charge in [-0.2, -0.15) is 5.26 Å². The van der Waals surface area contributed by atoms with Crippen LogP contribution in [-0.4, -0.2) is 5.11 Å². The van der Waals surface area contributed by atoms with Gasteiger partial charge in [-0.25, -0.2) is 4.39 Å². The molecule has 18 heavy (non-hydrogen) atoms. The number of halogens is 1. The molecular formula is C14H10FNOS. The van der Waals surface area contributed by atoms with Crippen LogP contribution in [0.4, 0.5) is 4.39 Å². The third-order valence-electron chi connectivity index (χ3n) is 2.39. The molecule has 0 aliphatic heterocycles. The monoisotopic (exact) mass is 259 g/mol. The molecule has 2 rings (SSSR count). The van der Waals surface area contributed by atoms with E-state index >= 15 is 0 Å². The first-order valence-corrected chi connectivity index (χ1v) is 6.28. The lowest BCUT2D eigenvalue weighted by atomic mass is 10.1. The summed E-state index contributed by atoms with van der Waals surface area (Å²) in [5.41, 5.74) is 0.963. The van der Waals surface area contributed by atoms with Gasteiger partial charge in [0.05, 0.1) is 5.56 Å². The van der Waals surface area contributed by atoms with Gasteiger partial charge in [0.2, 0.25) is 0 Å². The zero-order valence-electron chi connectivity index (χ0n) is 9.43. The van der Waals surface area contributed by atoms with Crippen molar-refractivity contribution in [3.8, 4) is 11.8 Å². The maximum absolute atomic E-state index is 13.1. The lowest BCUT2D eigenvalue weighted by molar-refractivity contribution is 0.475. The Labute approximate surface area is 109 Å². The normalized spacial score (nSPS) is 10.0. The maximum atomic E-state index is 13.1. The number of rotatable bonds is 3. The first-order chi connectivity index (χ1) is 8.69. The Bertz CT molecular complexity index is 590. The third kappa shape index (κ3) is 3.02. The van der Waals surface area contributed by atoms with Crippen LogP contribution in [0.15, 0.2) is 47.4 Å². The Balaban J connectivity index is 2.06. The number of thioether (sulfide) groups is 1. The van der Waals surface area contributed by atoms with Crippen molar-refractivity contribution in [3.63, 3.8) is 0 Å². The molecule has 2 aromatic carbocycles. The number of phenols is 1. The fourth-order valence-electron chi connectivity index (χ4n) is 1.46. The van der Waals surface area contributed by atoms with E-state index in [-0.39, 0.29) is 11.3 Å². The second kappa shape index (κ2) is 5.56. The van der Waals surface area contributed by atoms with Gasteiger partial charge in [0, 0.05) is 10.6 Å². The van der Waals surface area contributed by atoms with Gasteiger partial charge in [0.15, 0.2) is 0 Å². The zero-order valence-corrected chi connectivity index (χ0v) is 10.2. The van der Waals surface area contributed by atoms with Gasteiger partial charge in [0.25, 0.3) is 0 Å². The maximum Gasteiger partial charge on any atom is 0.140 e. The van der Waals surface area contributed by atoms with Crippen LogP contribution < -0.4 is 0 Å². The van der Waals surface area contributed by atoms with Gasteiger partial charge in [-0.1, -0.05) is 6.07 Å². The molecule has 0 amide bonds. The summed E-state index contributed by atoms with van der Waals surface area (Å²) in [7, 11) is 0. The summed E-state index contributed by atoms with van der Waals surface area (Å²) in [6.45, 7) is 0. The van der Waals surface area contributed by atoms with Gasteiger partial charge >= 0.3 is 0 Å². The van der Waals surface area contributed by atoms with Crippen molar-refractivity contribution in [2.75, 3.05) is 0 Å². The molecule has 0 aliphatic rings. The predicted octanol–water partition coefficient (Wildman–Crippen LogP) is 3.70. The standard InChI is InChI=1S/C14H10FNOS/c15-14-6-1-10(7-11(14)8-16)9-18-13-4-2-12(17)3-5-13/h1-7,17H,9H2. The van der Waals surface area contributed by atoms with E-state index in [1.807, 2.05) is 18.2 Å². The van der Waals surface area contributed by atoms with Crippen LogP contribution in [-0.2, 0) is 5.75 Å². The number of hydrogen-bond donors (Lipinski definition) is 1. The molecule has 0 spiro atoms. The molecule has 0 aliphatic carbocycles. The molecule has 0 radical (unpaired) electrons. The van der Waals surface area contributed by atoms with Gasteiger partial charge in [-0.15, -0.1) is 11.8 Å². The smallest absolute Gasteiger partial charge is 0.140 e. The van der Waals surface area contributed by atoms with E-state index in [4.69, 9.17) is 10.4 Å². The molecule has 1 N–H and O–H groups in total. The quantitative estimate of drug-likeness (QED) is 0.855. The highest BCUT2D eigenvalue weighted by Crippen LogP contribution is 2.25. The SMILES string of the molecule is N#Cc1cc(CSc2ccc(O)cc2)ccc1F. The summed E-state index contributed by atoms with van der Waals surface area (Å²) in [5, 5.41) is 17.9. The van der Waals surface area contributed by atoms with Gasteiger partial charge in [-0.3, -0.25) is 0 Å². The molecule has 2 aromatic rings. The van der Waals surface area contributed by atoms with E-state index in [1.165, 1.54) is 6.07 Å². The highest BCUT2D eigenvalue weighted by Gasteiger charge is 2.03. The molecule has 0 heterocycles. The number of hydrogen-bond acceptors (Lipinski definition) is 3. The van der Waals surface area contributed by atoms with E-state index in [9.17, 15) is 4.39 Å². The molecular weight excluding hydrogens is 249 g/mol. The minimum atomic E-state index is -0.490. The van der Waals surface area contributed by atoms with Crippen molar-refractivity contribution >= 4 is 11.8 Å². The number of phenolic OH excluding ortho intramolecular Hbond substituents is 1. The van der Waals surface area contributed by atoms with Crippen molar-refractivity contribution < 1.29 is 9.50 Å². The van der Waals surface area contributed by atoms with E-state index in [0.717, 1.165) is 10.5 Å². The lowest BCUT2D eigenvalue weighted by Crippen LogP contribution is -1.87. The number of benzene rings is 2. The van der Waals surface area contributed by atoms with Crippen LogP contribution in [0.25, 0.3) is 0 Å². The number of aromatic hydroxyl groups is 1. The largest absolute Gasteiger partial charge is 0.508 e. The molecule has 0 saturated heterocycles. The summed E-state index contributed by atoms with van der Waals surface area (Å²) in [4.78, 5) is 1.01. The van der Waals surface area contributed by atoms with Gasteiger partial charge < -0.3 is 5.11 Å². The summed E-state index contributed by atoms with van der Waals surface area (Å²) in [6, 6.07) is 13.2. The predicted molar refractivity (Wildman–Crippen MR) is 68.8 cm³/mol. The fraction of sp³-hybridized carbons (Fsp3) is 0.0714. The van der Waals surface area contributed by atoms with Crippen LogP contribution in [0.5, 0.6) is 5.75 Å². The Morgan fingerprint density at radius 3 is 2.56 bits per heavy atom. The summed E-state index contributed by atoms with van der Waals surface area (Å²) < 4.78 is 13.1. The second-order valence-corrected chi connectivity index (χ2v) is 4.76. The van der Waals surface area contributed by atoms with Gasteiger partial charge in [-0.05, 0) is 42.0 Å². The van der Waals surface area contributed by atoms with E-state index < -0.39 is 5.82 Å². The topological polar surface area (TPSA) is 44.0 Å². The van der Waals surface area contributed by atoms with Gasteiger partial charge in [0.1, 0.15) is 17.6 Å². The molecule has 0 fully saturated rings. The molecule has 4 heteroatoms. The summed E-state index contributed by atoms with van der Waals surface area (Å²) in [6.07, 6.45) is 0.